The van der Waals surface area contributed by atoms with Gasteiger partial charge in [-0.05, 0) is 31.4 Å². The molecule has 1 saturated heterocycles. The number of rotatable bonds is 5. The summed E-state index contributed by atoms with van der Waals surface area (Å²) >= 11 is 0. The van der Waals surface area contributed by atoms with Crippen LogP contribution >= 0.6 is 0 Å². The van der Waals surface area contributed by atoms with Gasteiger partial charge in [-0.15, -0.1) is 0 Å². The van der Waals surface area contributed by atoms with Crippen molar-refractivity contribution in [3.63, 3.8) is 0 Å². The Bertz CT molecular complexity index is 933. The van der Waals surface area contributed by atoms with Crippen molar-refractivity contribution in [1.29, 1.82) is 0 Å². The average molecular weight is 362 g/mol. The van der Waals surface area contributed by atoms with Gasteiger partial charge in [0, 0.05) is 43.3 Å². The van der Waals surface area contributed by atoms with Gasteiger partial charge in [0.1, 0.15) is 11.5 Å². The molecule has 0 saturated carbocycles. The molecule has 0 spiro atoms. The first-order valence-electron chi connectivity index (χ1n) is 9.92. The third kappa shape index (κ3) is 3.72. The van der Waals surface area contributed by atoms with Gasteiger partial charge in [-0.1, -0.05) is 37.6 Å². The predicted molar refractivity (Wildman–Crippen MR) is 107 cm³/mol. The van der Waals surface area contributed by atoms with Crippen LogP contribution in [0.5, 0.6) is 0 Å². The second-order valence-electron chi connectivity index (χ2n) is 7.31. The van der Waals surface area contributed by atoms with Crippen LogP contribution in [0.1, 0.15) is 54.8 Å². The first kappa shape index (κ1) is 17.7. The first-order chi connectivity index (χ1) is 13.3. The molecule has 3 aromatic rings. The number of fused-ring (bicyclic) bond motifs is 1. The highest BCUT2D eigenvalue weighted by atomic mass is 16.2. The molecule has 27 heavy (non-hydrogen) atoms. The summed E-state index contributed by atoms with van der Waals surface area (Å²) < 4.78 is 2.26. The number of piperidine rings is 1. The molecule has 1 amide bonds. The lowest BCUT2D eigenvalue weighted by atomic mass is 9.96. The van der Waals surface area contributed by atoms with Crippen molar-refractivity contribution in [2.75, 3.05) is 13.1 Å². The van der Waals surface area contributed by atoms with E-state index in [9.17, 15) is 4.79 Å². The predicted octanol–water partition coefficient (Wildman–Crippen LogP) is 4.25. The van der Waals surface area contributed by atoms with Crippen molar-refractivity contribution < 1.29 is 4.79 Å². The largest absolute Gasteiger partial charge is 0.337 e. The third-order valence-corrected chi connectivity index (χ3v) is 5.39. The Hall–Kier alpha value is -2.69. The number of benzene rings is 1. The van der Waals surface area contributed by atoms with E-state index in [2.05, 4.69) is 27.7 Å². The van der Waals surface area contributed by atoms with E-state index in [1.54, 1.807) is 0 Å². The van der Waals surface area contributed by atoms with Gasteiger partial charge < -0.3 is 9.47 Å². The van der Waals surface area contributed by atoms with Crippen molar-refractivity contribution in [2.24, 2.45) is 0 Å². The summed E-state index contributed by atoms with van der Waals surface area (Å²) in [7, 11) is 0. The number of aromatic nitrogens is 3. The molecule has 1 aliphatic heterocycles. The van der Waals surface area contributed by atoms with Crippen LogP contribution in [0.15, 0.2) is 48.8 Å². The minimum absolute atomic E-state index is 0.0251. The van der Waals surface area contributed by atoms with Crippen LogP contribution in [0.4, 0.5) is 0 Å². The molecular weight excluding hydrogens is 336 g/mol. The summed E-state index contributed by atoms with van der Waals surface area (Å²) in [6.45, 7) is 4.71. The van der Waals surface area contributed by atoms with E-state index in [1.165, 1.54) is 6.42 Å². The van der Waals surface area contributed by atoms with Crippen LogP contribution in [0, 0.1) is 0 Å². The number of hydrogen-bond donors (Lipinski definition) is 0. The van der Waals surface area contributed by atoms with Gasteiger partial charge in [0.2, 0.25) is 0 Å². The SMILES string of the molecule is CCCCn1ccnc1[C@H]1CCCN(C(=O)c2ccc3ccccc3n2)C1. The highest BCUT2D eigenvalue weighted by Crippen LogP contribution is 2.27. The molecule has 0 radical (unpaired) electrons. The number of unbranched alkanes of at least 4 members (excludes halogenated alkanes) is 1. The number of nitrogens with zero attached hydrogens (tertiary/aromatic N) is 4. The van der Waals surface area contributed by atoms with Crippen molar-refractivity contribution in [1.82, 2.24) is 19.4 Å². The lowest BCUT2D eigenvalue weighted by Gasteiger charge is -2.32. The van der Waals surface area contributed by atoms with Gasteiger partial charge >= 0.3 is 0 Å². The summed E-state index contributed by atoms with van der Waals surface area (Å²) in [5.74, 6) is 1.44. The minimum Gasteiger partial charge on any atom is -0.337 e. The van der Waals surface area contributed by atoms with Gasteiger partial charge in [-0.3, -0.25) is 4.79 Å². The Balaban J connectivity index is 1.52. The third-order valence-electron chi connectivity index (χ3n) is 5.39. The standard InChI is InChI=1S/C22H26N4O/c1-2-3-13-25-15-12-23-21(25)18-8-6-14-26(16-18)22(27)20-11-10-17-7-4-5-9-19(17)24-20/h4-5,7,9-12,15,18H,2-3,6,8,13-14,16H2,1H3/t18-/m0/s1. The second-order valence-corrected chi connectivity index (χ2v) is 7.31. The van der Waals surface area contributed by atoms with E-state index in [-0.39, 0.29) is 5.91 Å². The number of hydrogen-bond acceptors (Lipinski definition) is 3. The maximum Gasteiger partial charge on any atom is 0.272 e. The van der Waals surface area contributed by atoms with Crippen molar-refractivity contribution in [3.05, 3.63) is 60.3 Å². The zero-order valence-electron chi connectivity index (χ0n) is 15.8. The van der Waals surface area contributed by atoms with Gasteiger partial charge in [0.25, 0.3) is 5.91 Å². The van der Waals surface area contributed by atoms with Crippen molar-refractivity contribution in [3.8, 4) is 0 Å². The summed E-state index contributed by atoms with van der Waals surface area (Å²) in [6, 6.07) is 11.7. The molecule has 1 aromatic carbocycles. The van der Waals surface area contributed by atoms with Crippen LogP contribution in [-0.2, 0) is 6.54 Å². The Labute approximate surface area is 160 Å². The molecule has 5 heteroatoms. The van der Waals surface area contributed by atoms with E-state index in [4.69, 9.17) is 0 Å². The normalized spacial score (nSPS) is 17.4. The van der Waals surface area contributed by atoms with E-state index >= 15 is 0 Å². The zero-order valence-corrected chi connectivity index (χ0v) is 15.8. The Morgan fingerprint density at radius 2 is 2.11 bits per heavy atom. The Morgan fingerprint density at radius 1 is 1.22 bits per heavy atom. The van der Waals surface area contributed by atoms with Gasteiger partial charge in [-0.2, -0.15) is 0 Å². The van der Waals surface area contributed by atoms with Crippen molar-refractivity contribution in [2.45, 2.75) is 45.1 Å². The summed E-state index contributed by atoms with van der Waals surface area (Å²) in [4.78, 5) is 24.2. The maximum absolute atomic E-state index is 13.1. The summed E-state index contributed by atoms with van der Waals surface area (Å²) in [5, 5.41) is 1.06. The lowest BCUT2D eigenvalue weighted by Crippen LogP contribution is -2.40. The fourth-order valence-electron chi connectivity index (χ4n) is 3.92. The van der Waals surface area contributed by atoms with Crippen molar-refractivity contribution >= 4 is 16.8 Å². The number of imidazole rings is 1. The Morgan fingerprint density at radius 3 is 3.00 bits per heavy atom. The van der Waals surface area contributed by atoms with Crippen LogP contribution in [-0.4, -0.2) is 38.4 Å². The summed E-state index contributed by atoms with van der Waals surface area (Å²) in [6.07, 6.45) is 8.36. The molecular formula is C22H26N4O. The number of aryl methyl sites for hydroxylation is 1. The first-order valence-corrected chi connectivity index (χ1v) is 9.92. The Kier molecular flexibility index (Phi) is 5.19. The number of para-hydroxylation sites is 1. The van der Waals surface area contributed by atoms with E-state index in [0.29, 0.717) is 11.6 Å². The molecule has 140 valence electrons. The minimum atomic E-state index is 0.0251. The number of pyridine rings is 1. The summed E-state index contributed by atoms with van der Waals surface area (Å²) in [5.41, 5.74) is 1.40. The lowest BCUT2D eigenvalue weighted by molar-refractivity contribution is 0.0697. The van der Waals surface area contributed by atoms with Crippen LogP contribution in [0.25, 0.3) is 10.9 Å². The molecule has 5 nitrogen and oxygen atoms in total. The topological polar surface area (TPSA) is 51.0 Å². The molecule has 1 fully saturated rings. The number of amides is 1. The van der Waals surface area contributed by atoms with Crippen LogP contribution in [0.3, 0.4) is 0 Å². The van der Waals surface area contributed by atoms with Gasteiger partial charge in [0.15, 0.2) is 0 Å². The second kappa shape index (κ2) is 7.91. The molecule has 0 bridgehead atoms. The molecule has 3 heterocycles. The van der Waals surface area contributed by atoms with Gasteiger partial charge in [0.05, 0.1) is 5.52 Å². The quantitative estimate of drug-likeness (QED) is 0.682. The maximum atomic E-state index is 13.1. The number of likely N-dealkylation sites (tertiary alicyclic amines) is 1. The molecule has 1 aliphatic rings. The number of carbonyl (C=O) groups is 1. The molecule has 4 rings (SSSR count). The van der Waals surface area contributed by atoms with Crippen LogP contribution < -0.4 is 0 Å². The molecule has 0 unspecified atom stereocenters. The highest BCUT2D eigenvalue weighted by molar-refractivity contribution is 5.95. The fraction of sp³-hybridized carbons (Fsp3) is 0.409. The van der Waals surface area contributed by atoms with E-state index in [1.807, 2.05) is 47.5 Å². The molecule has 2 aromatic heterocycles. The molecule has 0 N–H and O–H groups in total. The molecule has 0 aliphatic carbocycles. The monoisotopic (exact) mass is 362 g/mol. The van der Waals surface area contributed by atoms with Crippen LogP contribution in [0.2, 0.25) is 0 Å². The van der Waals surface area contributed by atoms with Gasteiger partial charge in [-0.25, -0.2) is 9.97 Å². The smallest absolute Gasteiger partial charge is 0.272 e. The average Bonchev–Trinajstić information content (AvgIpc) is 3.20. The molecule has 1 atom stereocenters. The highest BCUT2D eigenvalue weighted by Gasteiger charge is 2.28. The van der Waals surface area contributed by atoms with E-state index in [0.717, 1.165) is 55.6 Å². The van der Waals surface area contributed by atoms with E-state index < -0.39 is 0 Å². The zero-order chi connectivity index (χ0) is 18.6. The fourth-order valence-corrected chi connectivity index (χ4v) is 3.92. The number of carbonyl (C=O) groups excluding carboxylic acids is 1.